The lowest BCUT2D eigenvalue weighted by molar-refractivity contribution is -0.147. The van der Waals surface area contributed by atoms with E-state index in [-0.39, 0.29) is 43.4 Å². The second kappa shape index (κ2) is 12.0. The topological polar surface area (TPSA) is 108 Å². The zero-order valence-corrected chi connectivity index (χ0v) is 23.6. The molecule has 8 heteroatoms. The van der Waals surface area contributed by atoms with E-state index in [0.717, 1.165) is 36.0 Å². The molecular formula is C34H37N3O5. The highest BCUT2D eigenvalue weighted by atomic mass is 16.5. The molecule has 1 saturated heterocycles. The maximum absolute atomic E-state index is 13.2. The van der Waals surface area contributed by atoms with E-state index in [0.29, 0.717) is 19.5 Å². The first-order valence-corrected chi connectivity index (χ1v) is 14.8. The van der Waals surface area contributed by atoms with Gasteiger partial charge in [-0.15, -0.1) is 0 Å². The molecular weight excluding hydrogens is 530 g/mol. The molecule has 3 aliphatic rings. The van der Waals surface area contributed by atoms with Gasteiger partial charge in [0.2, 0.25) is 5.91 Å². The monoisotopic (exact) mass is 567 g/mol. The lowest BCUT2D eigenvalue weighted by atomic mass is 9.95. The molecule has 0 aromatic heterocycles. The summed E-state index contributed by atoms with van der Waals surface area (Å²) in [7, 11) is 0. The summed E-state index contributed by atoms with van der Waals surface area (Å²) in [6.45, 7) is 1.73. The number of aliphatic carboxylic acids is 1. The van der Waals surface area contributed by atoms with Crippen LogP contribution in [0.5, 0.6) is 0 Å². The Morgan fingerprint density at radius 3 is 2.26 bits per heavy atom. The first kappa shape index (κ1) is 28.0. The van der Waals surface area contributed by atoms with Gasteiger partial charge in [0.15, 0.2) is 5.54 Å². The molecule has 218 valence electrons. The van der Waals surface area contributed by atoms with Crippen LogP contribution in [0.25, 0.3) is 11.1 Å². The lowest BCUT2D eigenvalue weighted by Crippen LogP contribution is -2.56. The number of amides is 2. The van der Waals surface area contributed by atoms with Gasteiger partial charge < -0.3 is 20.5 Å². The van der Waals surface area contributed by atoms with Crippen molar-refractivity contribution in [2.24, 2.45) is 5.92 Å². The van der Waals surface area contributed by atoms with Gasteiger partial charge in [0.05, 0.1) is 0 Å². The van der Waals surface area contributed by atoms with Crippen LogP contribution in [0.1, 0.15) is 54.7 Å². The van der Waals surface area contributed by atoms with Crippen LogP contribution in [0, 0.1) is 5.92 Å². The highest BCUT2D eigenvalue weighted by Crippen LogP contribution is 2.44. The third kappa shape index (κ3) is 5.77. The summed E-state index contributed by atoms with van der Waals surface area (Å²) in [6, 6.07) is 26.2. The van der Waals surface area contributed by atoms with E-state index in [1.807, 2.05) is 54.6 Å². The average molecular weight is 568 g/mol. The number of rotatable bonds is 9. The van der Waals surface area contributed by atoms with Gasteiger partial charge >= 0.3 is 12.1 Å². The number of alkyl carbamates (subject to hydrolysis) is 1. The summed E-state index contributed by atoms with van der Waals surface area (Å²) in [5.41, 5.74) is 4.47. The number of carboxylic acid groups (broad SMARTS) is 1. The van der Waals surface area contributed by atoms with Crippen LogP contribution < -0.4 is 10.6 Å². The standard InChI is InChI=1S/C34H37N3O5/c38-31(36-34(32(39)40)17-18-37(22-34)20-23-9-2-1-3-10-23)19-24-11-8-16-30(24)35-33(41)42-21-29-27-14-6-4-12-25(27)26-13-5-7-15-28(26)29/h1-7,9-10,12-15,24,29-30H,8,11,16-22H2,(H,35,41)(H,36,38)(H,39,40)/t24-,30+,34?/m0/s1. The molecule has 1 saturated carbocycles. The maximum atomic E-state index is 13.2. The fraction of sp³-hybridized carbons (Fsp3) is 0.382. The Labute approximate surface area is 246 Å². The van der Waals surface area contributed by atoms with Crippen molar-refractivity contribution < 1.29 is 24.2 Å². The first-order valence-electron chi connectivity index (χ1n) is 14.8. The molecule has 2 fully saturated rings. The molecule has 0 bridgehead atoms. The summed E-state index contributed by atoms with van der Waals surface area (Å²) < 4.78 is 5.74. The first-order chi connectivity index (χ1) is 20.4. The van der Waals surface area contributed by atoms with Crippen LogP contribution in [-0.2, 0) is 20.9 Å². The van der Waals surface area contributed by atoms with Crippen LogP contribution in [0.4, 0.5) is 4.79 Å². The molecule has 1 unspecified atom stereocenters. The Morgan fingerprint density at radius 1 is 0.905 bits per heavy atom. The number of hydrogen-bond acceptors (Lipinski definition) is 5. The molecule has 42 heavy (non-hydrogen) atoms. The Kier molecular flexibility index (Phi) is 7.98. The van der Waals surface area contributed by atoms with Crippen molar-refractivity contribution >= 4 is 18.0 Å². The Morgan fingerprint density at radius 2 is 1.57 bits per heavy atom. The van der Waals surface area contributed by atoms with Crippen LogP contribution >= 0.6 is 0 Å². The van der Waals surface area contributed by atoms with E-state index in [1.165, 1.54) is 11.1 Å². The summed E-state index contributed by atoms with van der Waals surface area (Å²) in [4.78, 5) is 40.5. The highest BCUT2D eigenvalue weighted by Gasteiger charge is 2.46. The number of ether oxygens (including phenoxy) is 1. The minimum absolute atomic E-state index is 0.0200. The van der Waals surface area contributed by atoms with Crippen molar-refractivity contribution in [2.45, 2.75) is 56.1 Å². The van der Waals surface area contributed by atoms with Gasteiger partial charge in [0.25, 0.3) is 0 Å². The largest absolute Gasteiger partial charge is 0.479 e. The van der Waals surface area contributed by atoms with Crippen LogP contribution in [0.3, 0.4) is 0 Å². The molecule has 3 aromatic carbocycles. The molecule has 3 N–H and O–H groups in total. The number of likely N-dealkylation sites (tertiary alicyclic amines) is 1. The van der Waals surface area contributed by atoms with Crippen molar-refractivity contribution in [1.82, 2.24) is 15.5 Å². The van der Waals surface area contributed by atoms with Gasteiger partial charge in [0.1, 0.15) is 6.61 Å². The van der Waals surface area contributed by atoms with Crippen molar-refractivity contribution in [3.63, 3.8) is 0 Å². The summed E-state index contributed by atoms with van der Waals surface area (Å²) in [5, 5.41) is 16.0. The average Bonchev–Trinajstić information content (AvgIpc) is 3.69. The molecule has 0 spiro atoms. The second-order valence-electron chi connectivity index (χ2n) is 11.9. The summed E-state index contributed by atoms with van der Waals surface area (Å²) in [6.07, 6.45) is 2.48. The molecule has 1 heterocycles. The molecule has 2 amide bonds. The van der Waals surface area contributed by atoms with Gasteiger partial charge in [-0.05, 0) is 53.0 Å². The number of nitrogens with zero attached hydrogens (tertiary/aromatic N) is 1. The Balaban J connectivity index is 1.02. The Hall–Kier alpha value is -4.17. The highest BCUT2D eigenvalue weighted by molar-refractivity contribution is 5.88. The number of carboxylic acids is 1. The predicted molar refractivity (Wildman–Crippen MR) is 159 cm³/mol. The van der Waals surface area contributed by atoms with Gasteiger partial charge in [0, 0.05) is 38.0 Å². The molecule has 1 aliphatic heterocycles. The number of carbonyl (C=O) groups excluding carboxylic acids is 2. The number of fused-ring (bicyclic) bond motifs is 3. The quantitative estimate of drug-likeness (QED) is 0.339. The van der Waals surface area contributed by atoms with E-state index in [4.69, 9.17) is 4.74 Å². The van der Waals surface area contributed by atoms with Crippen LogP contribution in [0.2, 0.25) is 0 Å². The smallest absolute Gasteiger partial charge is 0.407 e. The van der Waals surface area contributed by atoms with E-state index >= 15 is 0 Å². The number of carbonyl (C=O) groups is 3. The predicted octanol–water partition coefficient (Wildman–Crippen LogP) is 4.93. The molecule has 3 atom stereocenters. The SMILES string of the molecule is O=C(C[C@@H]1CCC[C@H]1NC(=O)OCC1c2ccccc2-c2ccccc21)NC1(C(=O)O)CCN(Cc2ccccc2)C1. The number of nitrogens with one attached hydrogen (secondary N) is 2. The number of benzene rings is 3. The van der Waals surface area contributed by atoms with E-state index in [2.05, 4.69) is 39.8 Å². The lowest BCUT2D eigenvalue weighted by Gasteiger charge is -2.28. The van der Waals surface area contributed by atoms with Crippen molar-refractivity contribution in [2.75, 3.05) is 19.7 Å². The zero-order chi connectivity index (χ0) is 29.1. The number of hydrogen-bond donors (Lipinski definition) is 3. The fourth-order valence-corrected chi connectivity index (χ4v) is 7.01. The van der Waals surface area contributed by atoms with E-state index in [1.54, 1.807) is 0 Å². The van der Waals surface area contributed by atoms with E-state index < -0.39 is 17.6 Å². The Bertz CT molecular complexity index is 1410. The normalized spacial score (nSPS) is 23.2. The molecule has 2 aliphatic carbocycles. The molecule has 0 radical (unpaired) electrons. The van der Waals surface area contributed by atoms with Gasteiger partial charge in [-0.2, -0.15) is 0 Å². The third-order valence-electron chi connectivity index (χ3n) is 9.14. The van der Waals surface area contributed by atoms with Crippen LogP contribution in [0.15, 0.2) is 78.9 Å². The maximum Gasteiger partial charge on any atom is 0.407 e. The summed E-state index contributed by atoms with van der Waals surface area (Å²) >= 11 is 0. The molecule has 3 aromatic rings. The van der Waals surface area contributed by atoms with Crippen molar-refractivity contribution in [1.29, 1.82) is 0 Å². The van der Waals surface area contributed by atoms with E-state index in [9.17, 15) is 19.5 Å². The van der Waals surface area contributed by atoms with Gasteiger partial charge in [-0.3, -0.25) is 9.69 Å². The fourth-order valence-electron chi connectivity index (χ4n) is 7.01. The van der Waals surface area contributed by atoms with Crippen molar-refractivity contribution in [3.05, 3.63) is 95.6 Å². The van der Waals surface area contributed by atoms with Gasteiger partial charge in [-0.1, -0.05) is 85.3 Å². The minimum atomic E-state index is -1.31. The molecule has 8 nitrogen and oxygen atoms in total. The summed E-state index contributed by atoms with van der Waals surface area (Å²) in [5.74, 6) is -1.39. The van der Waals surface area contributed by atoms with Gasteiger partial charge in [-0.25, -0.2) is 9.59 Å². The minimum Gasteiger partial charge on any atom is -0.479 e. The van der Waals surface area contributed by atoms with Crippen LogP contribution in [-0.4, -0.2) is 59.3 Å². The molecule has 6 rings (SSSR count). The second-order valence-corrected chi connectivity index (χ2v) is 11.9. The van der Waals surface area contributed by atoms with Crippen molar-refractivity contribution in [3.8, 4) is 11.1 Å². The zero-order valence-electron chi connectivity index (χ0n) is 23.6. The third-order valence-corrected chi connectivity index (χ3v) is 9.14.